The van der Waals surface area contributed by atoms with E-state index in [1.807, 2.05) is 0 Å². The van der Waals surface area contributed by atoms with Crippen molar-refractivity contribution < 1.29 is 0 Å². The third-order valence-corrected chi connectivity index (χ3v) is 10.7. The summed E-state index contributed by atoms with van der Waals surface area (Å²) in [5.41, 5.74) is 13.4. The highest BCUT2D eigenvalue weighted by atomic mass is 14.9. The summed E-state index contributed by atoms with van der Waals surface area (Å²) in [6.07, 6.45) is 9.93. The van der Waals surface area contributed by atoms with Crippen LogP contribution in [0.3, 0.4) is 0 Å². The van der Waals surface area contributed by atoms with Crippen molar-refractivity contribution in [2.24, 2.45) is 33.6 Å². The lowest BCUT2D eigenvalue weighted by Gasteiger charge is -2.54. The van der Waals surface area contributed by atoms with Gasteiger partial charge in [0.15, 0.2) is 0 Å². The Kier molecular flexibility index (Phi) is 6.43. The van der Waals surface area contributed by atoms with E-state index in [1.54, 1.807) is 0 Å². The van der Waals surface area contributed by atoms with E-state index in [-0.39, 0.29) is 11.3 Å². The molecule has 1 spiro atoms. The first kappa shape index (κ1) is 27.8. The second-order valence-corrected chi connectivity index (χ2v) is 13.5. The molecular formula is C44H39N. The Labute approximate surface area is 267 Å². The van der Waals surface area contributed by atoms with Crippen LogP contribution in [-0.2, 0) is 0 Å². The fourth-order valence-corrected chi connectivity index (χ4v) is 8.99. The quantitative estimate of drug-likeness (QED) is 0.215. The average Bonchev–Trinajstić information content (AvgIpc) is 3.43. The van der Waals surface area contributed by atoms with Crippen LogP contribution in [0, 0.1) is 28.6 Å². The van der Waals surface area contributed by atoms with E-state index < -0.39 is 5.41 Å². The van der Waals surface area contributed by atoms with Crippen molar-refractivity contribution in [3.05, 3.63) is 179 Å². The van der Waals surface area contributed by atoms with Gasteiger partial charge in [0.25, 0.3) is 0 Å². The molecule has 1 aliphatic heterocycles. The van der Waals surface area contributed by atoms with Crippen molar-refractivity contribution in [3.8, 4) is 0 Å². The molecule has 0 unspecified atom stereocenters. The minimum Gasteiger partial charge on any atom is -0.251 e. The van der Waals surface area contributed by atoms with E-state index >= 15 is 0 Å². The Morgan fingerprint density at radius 2 is 1.13 bits per heavy atom. The molecule has 4 aliphatic rings. The molecule has 8 rings (SSSR count). The summed E-state index contributed by atoms with van der Waals surface area (Å²) in [6.45, 7) is 9.53. The summed E-state index contributed by atoms with van der Waals surface area (Å²) in [7, 11) is 0. The van der Waals surface area contributed by atoms with Crippen molar-refractivity contribution in [1.29, 1.82) is 0 Å². The van der Waals surface area contributed by atoms with Crippen molar-refractivity contribution in [2.75, 3.05) is 0 Å². The first-order valence-electron chi connectivity index (χ1n) is 16.4. The number of benzene rings is 4. The predicted octanol–water partition coefficient (Wildman–Crippen LogP) is 11.0. The number of aliphatic imine (C=N–C) groups is 1. The van der Waals surface area contributed by atoms with Crippen LogP contribution in [-0.4, -0.2) is 5.71 Å². The molecule has 4 aromatic carbocycles. The maximum Gasteiger partial charge on any atom is 0.0765 e. The lowest BCUT2D eigenvalue weighted by atomic mass is 9.46. The van der Waals surface area contributed by atoms with Gasteiger partial charge in [-0.15, -0.1) is 0 Å². The summed E-state index contributed by atoms with van der Waals surface area (Å²) in [6, 6.07) is 44.3. The summed E-state index contributed by atoms with van der Waals surface area (Å²) < 4.78 is 0. The van der Waals surface area contributed by atoms with Crippen molar-refractivity contribution in [2.45, 2.75) is 27.7 Å². The fraction of sp³-hybridized carbons (Fsp3) is 0.205. The van der Waals surface area contributed by atoms with Crippen LogP contribution in [0.25, 0.3) is 22.4 Å². The maximum absolute atomic E-state index is 5.88. The highest BCUT2D eigenvalue weighted by Gasteiger charge is 2.72. The standard InChI is InChI=1S/C44H39N/c1-29(2)35-26-17-27-43(30(3)4)37-28-36(31-18-9-5-10-19-31)40-41(34-24-15-8-16-25-34)45-42(35)44(40,43)39(33-22-13-7-14-23-33)38(37)32-20-11-6-12-21-32/h5-30,37H,1-4H3/t37-,43-,44-/m1/s1. The Balaban J connectivity index is 1.63. The van der Waals surface area contributed by atoms with Crippen molar-refractivity contribution >= 4 is 28.1 Å². The van der Waals surface area contributed by atoms with E-state index in [2.05, 4.69) is 173 Å². The zero-order valence-electron chi connectivity index (χ0n) is 26.5. The third-order valence-electron chi connectivity index (χ3n) is 10.7. The molecule has 3 aliphatic carbocycles. The molecule has 0 N–H and O–H groups in total. The SMILES string of the molecule is CC(C)C1=CC=C[C@@]2(C(C)C)[C@@H]3C=C(c4ccccc4)C4=C(c5ccccc5)N=C1[C@@]42C(c1ccccc1)=C3c1ccccc1. The minimum atomic E-state index is -0.493. The number of rotatable bonds is 6. The fourth-order valence-electron chi connectivity index (χ4n) is 8.99. The molecule has 4 aromatic rings. The Bertz CT molecular complexity index is 1970. The number of allylic oxidation sites excluding steroid dienone is 9. The summed E-state index contributed by atoms with van der Waals surface area (Å²) in [4.78, 5) is 5.88. The lowest BCUT2D eigenvalue weighted by molar-refractivity contribution is 0.158. The van der Waals surface area contributed by atoms with E-state index in [1.165, 1.54) is 55.8 Å². The second kappa shape index (κ2) is 10.4. The van der Waals surface area contributed by atoms with Crippen LogP contribution in [0.1, 0.15) is 49.9 Å². The van der Waals surface area contributed by atoms with Gasteiger partial charge in [0.05, 0.1) is 16.8 Å². The molecule has 0 saturated carbocycles. The molecule has 1 heteroatoms. The van der Waals surface area contributed by atoms with Gasteiger partial charge in [-0.2, -0.15) is 0 Å². The highest BCUT2D eigenvalue weighted by Crippen LogP contribution is 2.78. The zero-order valence-corrected chi connectivity index (χ0v) is 26.5. The Morgan fingerprint density at radius 1 is 0.600 bits per heavy atom. The second-order valence-electron chi connectivity index (χ2n) is 13.5. The molecule has 45 heavy (non-hydrogen) atoms. The molecule has 0 radical (unpaired) electrons. The molecule has 0 fully saturated rings. The third kappa shape index (κ3) is 3.70. The van der Waals surface area contributed by atoms with Crippen molar-refractivity contribution in [1.82, 2.24) is 0 Å². The first-order valence-corrected chi connectivity index (χ1v) is 16.4. The van der Waals surface area contributed by atoms with Gasteiger partial charge in [0.2, 0.25) is 0 Å². The van der Waals surface area contributed by atoms with Crippen LogP contribution in [0.4, 0.5) is 0 Å². The van der Waals surface area contributed by atoms with E-state index in [4.69, 9.17) is 4.99 Å². The molecule has 2 bridgehead atoms. The molecule has 3 atom stereocenters. The average molecular weight is 582 g/mol. The van der Waals surface area contributed by atoms with Gasteiger partial charge < -0.3 is 0 Å². The van der Waals surface area contributed by atoms with Gasteiger partial charge >= 0.3 is 0 Å². The summed E-state index contributed by atoms with van der Waals surface area (Å²) >= 11 is 0. The smallest absolute Gasteiger partial charge is 0.0765 e. The van der Waals surface area contributed by atoms with Gasteiger partial charge in [-0.05, 0) is 50.8 Å². The van der Waals surface area contributed by atoms with Gasteiger partial charge in [-0.1, -0.05) is 173 Å². The van der Waals surface area contributed by atoms with Gasteiger partial charge in [0.1, 0.15) is 0 Å². The number of hydrogen-bond acceptors (Lipinski definition) is 1. The zero-order chi connectivity index (χ0) is 30.8. The highest BCUT2D eigenvalue weighted by molar-refractivity contribution is 6.29. The minimum absolute atomic E-state index is 0.144. The molecule has 1 nitrogen and oxygen atoms in total. The van der Waals surface area contributed by atoms with Gasteiger partial charge in [0, 0.05) is 22.5 Å². The Morgan fingerprint density at radius 3 is 1.69 bits per heavy atom. The number of nitrogens with zero attached hydrogens (tertiary/aromatic N) is 1. The van der Waals surface area contributed by atoms with E-state index in [0.29, 0.717) is 11.8 Å². The van der Waals surface area contributed by atoms with Gasteiger partial charge in [-0.3, -0.25) is 4.99 Å². The van der Waals surface area contributed by atoms with Crippen LogP contribution in [0.2, 0.25) is 0 Å². The molecule has 1 heterocycles. The largest absolute Gasteiger partial charge is 0.251 e. The molecule has 0 amide bonds. The summed E-state index contributed by atoms with van der Waals surface area (Å²) in [5.74, 6) is 0.775. The monoisotopic (exact) mass is 581 g/mol. The van der Waals surface area contributed by atoms with Crippen LogP contribution < -0.4 is 0 Å². The van der Waals surface area contributed by atoms with E-state index in [0.717, 1.165) is 5.70 Å². The topological polar surface area (TPSA) is 12.4 Å². The summed E-state index contributed by atoms with van der Waals surface area (Å²) in [5, 5.41) is 0. The van der Waals surface area contributed by atoms with Crippen LogP contribution >= 0.6 is 0 Å². The normalized spacial score (nSPS) is 24.9. The van der Waals surface area contributed by atoms with Crippen molar-refractivity contribution in [3.63, 3.8) is 0 Å². The lowest BCUT2D eigenvalue weighted by Crippen LogP contribution is -2.52. The van der Waals surface area contributed by atoms with E-state index in [9.17, 15) is 0 Å². The Hall–Kier alpha value is -4.75. The first-order chi connectivity index (χ1) is 22.0. The van der Waals surface area contributed by atoms with Crippen LogP contribution in [0.5, 0.6) is 0 Å². The number of hydrogen-bond donors (Lipinski definition) is 0. The molecule has 0 aromatic heterocycles. The van der Waals surface area contributed by atoms with Crippen LogP contribution in [0.15, 0.2) is 162 Å². The molecule has 220 valence electrons. The van der Waals surface area contributed by atoms with Gasteiger partial charge in [-0.25, -0.2) is 0 Å². The predicted molar refractivity (Wildman–Crippen MR) is 190 cm³/mol. The maximum atomic E-state index is 5.88. The molecule has 0 saturated heterocycles. The molecular weight excluding hydrogens is 542 g/mol.